The Morgan fingerprint density at radius 2 is 1.79 bits per heavy atom. The normalized spacial score (nSPS) is 18.1. The van der Waals surface area contributed by atoms with Gasteiger partial charge in [0.15, 0.2) is 5.75 Å². The average Bonchev–Trinajstić information content (AvgIpc) is 3.16. The number of fused-ring (bicyclic) bond motifs is 2. The quantitative estimate of drug-likeness (QED) is 0.326. The Balaban J connectivity index is 1.50. The predicted octanol–water partition coefficient (Wildman–Crippen LogP) is 2.76. The van der Waals surface area contributed by atoms with Gasteiger partial charge in [-0.3, -0.25) is 19.3 Å². The molecule has 0 saturated carbocycles. The summed E-state index contributed by atoms with van der Waals surface area (Å²) >= 11 is 3.63. The van der Waals surface area contributed by atoms with E-state index in [9.17, 15) is 14.4 Å². The highest BCUT2D eigenvalue weighted by Gasteiger charge is 2.36. The van der Waals surface area contributed by atoms with Gasteiger partial charge >= 0.3 is 0 Å². The number of para-hydroxylation sites is 1. The number of rotatable bonds is 9. The van der Waals surface area contributed by atoms with Crippen LogP contribution < -0.4 is 20.3 Å². The fourth-order valence-electron chi connectivity index (χ4n) is 5.57. The van der Waals surface area contributed by atoms with Gasteiger partial charge in [0.2, 0.25) is 5.91 Å². The molecule has 0 aliphatic carbocycles. The molecule has 0 spiro atoms. The zero-order chi connectivity index (χ0) is 30.5. The first-order valence-corrected chi connectivity index (χ1v) is 15.4. The molecule has 5 rings (SSSR count). The topological polar surface area (TPSA) is 114 Å². The smallest absolute Gasteiger partial charge is 0.257 e. The number of likely N-dealkylation sites (N-methyl/N-ethyl adjacent to an activating group) is 1. The zero-order valence-electron chi connectivity index (χ0n) is 24.5. The largest absolute Gasteiger partial charge is 0.488 e. The van der Waals surface area contributed by atoms with E-state index in [0.29, 0.717) is 36.5 Å². The molecule has 0 radical (unpaired) electrons. The first-order valence-electron chi connectivity index (χ1n) is 14.7. The molecule has 10 nitrogen and oxygen atoms in total. The molecule has 3 N–H and O–H groups in total. The highest BCUT2D eigenvalue weighted by Crippen LogP contribution is 2.38. The third kappa shape index (κ3) is 6.70. The fourth-order valence-corrected chi connectivity index (χ4v) is 6.05. The molecular formula is C32H38BrN5O5. The van der Waals surface area contributed by atoms with Crippen LogP contribution in [0.15, 0.2) is 59.1 Å². The van der Waals surface area contributed by atoms with Crippen LogP contribution in [0.4, 0.5) is 5.69 Å². The lowest BCUT2D eigenvalue weighted by molar-refractivity contribution is -0.129. The summed E-state index contributed by atoms with van der Waals surface area (Å²) in [5.41, 5.74) is 1.79. The lowest BCUT2D eigenvalue weighted by atomic mass is 10.0. The third-order valence-corrected chi connectivity index (χ3v) is 8.89. The zero-order valence-corrected chi connectivity index (χ0v) is 26.1. The highest BCUT2D eigenvalue weighted by atomic mass is 79.9. The first kappa shape index (κ1) is 30.9. The summed E-state index contributed by atoms with van der Waals surface area (Å²) in [7, 11) is 1.68. The fraction of sp³-hybridized carbons (Fsp3) is 0.406. The van der Waals surface area contributed by atoms with Gasteiger partial charge in [0, 0.05) is 43.8 Å². The van der Waals surface area contributed by atoms with Gasteiger partial charge in [-0.15, -0.1) is 0 Å². The van der Waals surface area contributed by atoms with Crippen LogP contribution in [0.1, 0.15) is 29.3 Å². The van der Waals surface area contributed by atoms with Gasteiger partial charge in [0.25, 0.3) is 11.8 Å². The molecule has 0 aromatic heterocycles. The molecule has 228 valence electrons. The van der Waals surface area contributed by atoms with Crippen molar-refractivity contribution in [3.05, 3.63) is 70.2 Å². The van der Waals surface area contributed by atoms with Crippen molar-refractivity contribution in [1.29, 1.82) is 0 Å². The molecule has 1 saturated heterocycles. The van der Waals surface area contributed by atoms with Crippen LogP contribution in [0, 0.1) is 0 Å². The lowest BCUT2D eigenvalue weighted by Gasteiger charge is -2.35. The van der Waals surface area contributed by atoms with Crippen molar-refractivity contribution in [3.63, 3.8) is 0 Å². The summed E-state index contributed by atoms with van der Waals surface area (Å²) in [6, 6.07) is 15.8. The number of aliphatic hydroxyl groups is 1. The van der Waals surface area contributed by atoms with E-state index in [1.54, 1.807) is 37.1 Å². The van der Waals surface area contributed by atoms with Crippen LogP contribution in [0.5, 0.6) is 5.75 Å². The Labute approximate surface area is 260 Å². The van der Waals surface area contributed by atoms with Gasteiger partial charge < -0.3 is 30.3 Å². The molecule has 43 heavy (non-hydrogen) atoms. The van der Waals surface area contributed by atoms with Gasteiger partial charge in [-0.2, -0.15) is 0 Å². The Hall–Kier alpha value is -3.51. The maximum Gasteiger partial charge on any atom is 0.257 e. The Morgan fingerprint density at radius 3 is 2.51 bits per heavy atom. The van der Waals surface area contributed by atoms with E-state index in [1.165, 1.54) is 0 Å². The van der Waals surface area contributed by atoms with Crippen LogP contribution in [0.3, 0.4) is 0 Å². The van der Waals surface area contributed by atoms with Crippen molar-refractivity contribution in [2.24, 2.45) is 0 Å². The molecule has 2 atom stereocenters. The number of aliphatic hydroxyl groups excluding tert-OH is 1. The molecule has 0 bridgehead atoms. The van der Waals surface area contributed by atoms with Crippen molar-refractivity contribution in [2.45, 2.75) is 32.0 Å². The molecule has 3 amide bonds. The van der Waals surface area contributed by atoms with Crippen molar-refractivity contribution in [2.75, 3.05) is 57.9 Å². The number of amides is 3. The number of nitrogens with one attached hydrogen (secondary N) is 2. The van der Waals surface area contributed by atoms with E-state index in [4.69, 9.17) is 9.84 Å². The van der Waals surface area contributed by atoms with E-state index in [1.807, 2.05) is 41.3 Å². The third-order valence-electron chi connectivity index (χ3n) is 8.20. The number of carbonyl (C=O) groups excluding carboxylic acids is 3. The van der Waals surface area contributed by atoms with Crippen molar-refractivity contribution >= 4 is 50.1 Å². The number of ether oxygens (including phenoxy) is 1. The van der Waals surface area contributed by atoms with Gasteiger partial charge in [-0.1, -0.05) is 52.3 Å². The van der Waals surface area contributed by atoms with Crippen molar-refractivity contribution in [3.8, 4) is 5.75 Å². The van der Waals surface area contributed by atoms with Crippen LogP contribution in [0.25, 0.3) is 10.8 Å². The molecule has 1 fully saturated rings. The highest BCUT2D eigenvalue weighted by molar-refractivity contribution is 9.10. The van der Waals surface area contributed by atoms with Gasteiger partial charge in [-0.25, -0.2) is 0 Å². The number of hydrogen-bond donors (Lipinski definition) is 3. The minimum atomic E-state index is -0.949. The minimum absolute atomic E-state index is 0.106. The summed E-state index contributed by atoms with van der Waals surface area (Å²) < 4.78 is 7.20. The van der Waals surface area contributed by atoms with Gasteiger partial charge in [0.05, 0.1) is 23.8 Å². The van der Waals surface area contributed by atoms with Crippen LogP contribution >= 0.6 is 15.9 Å². The summed E-state index contributed by atoms with van der Waals surface area (Å²) in [4.78, 5) is 46.5. The van der Waals surface area contributed by atoms with Crippen LogP contribution in [-0.4, -0.2) is 97.7 Å². The second-order valence-electron chi connectivity index (χ2n) is 10.9. The Kier molecular flexibility index (Phi) is 9.97. The lowest BCUT2D eigenvalue weighted by Crippen LogP contribution is -2.53. The number of benzene rings is 3. The standard InChI is InChI=1S/C32H38BrN5O5/c1-21(34-2)30(40)35-27-20-43-29-25(31(41)37-16-14-36(15-17-37)13-6-18-39)9-5-10-28(29)38(32(27)42)19-22-11-12-26(33)24-8-4-3-7-23(22)24/h3-5,7-12,21,27,34,39H,6,13-20H2,1-2H3,(H,35,40). The number of carbonyl (C=O) groups is 3. The van der Waals surface area contributed by atoms with E-state index in [2.05, 4.69) is 31.5 Å². The Morgan fingerprint density at radius 1 is 1.05 bits per heavy atom. The molecule has 3 aromatic carbocycles. The molecule has 2 aliphatic heterocycles. The van der Waals surface area contributed by atoms with Crippen LogP contribution in [-0.2, 0) is 16.1 Å². The Bertz CT molecular complexity index is 1490. The monoisotopic (exact) mass is 651 g/mol. The number of halogens is 1. The molecular weight excluding hydrogens is 614 g/mol. The predicted molar refractivity (Wildman–Crippen MR) is 169 cm³/mol. The molecule has 2 heterocycles. The summed E-state index contributed by atoms with van der Waals surface area (Å²) in [6.07, 6.45) is 0.705. The second-order valence-corrected chi connectivity index (χ2v) is 11.8. The molecule has 3 aromatic rings. The maximum absolute atomic E-state index is 14.2. The SMILES string of the molecule is CNC(C)C(=O)NC1COc2c(C(=O)N3CCN(CCCO)CC3)cccc2N(Cc2ccc(Br)c3ccccc23)C1=O. The summed E-state index contributed by atoms with van der Waals surface area (Å²) in [5.74, 6) is -0.459. The number of hydrogen-bond acceptors (Lipinski definition) is 7. The molecule has 11 heteroatoms. The summed E-state index contributed by atoms with van der Waals surface area (Å²) in [6.45, 7) is 5.34. The van der Waals surface area contributed by atoms with Crippen molar-refractivity contribution in [1.82, 2.24) is 20.4 Å². The average molecular weight is 653 g/mol. The van der Waals surface area contributed by atoms with Gasteiger partial charge in [-0.05, 0) is 54.9 Å². The summed E-state index contributed by atoms with van der Waals surface area (Å²) in [5, 5.41) is 16.9. The molecule has 2 aliphatic rings. The van der Waals surface area contributed by atoms with Crippen LogP contribution in [0.2, 0.25) is 0 Å². The minimum Gasteiger partial charge on any atom is -0.488 e. The van der Waals surface area contributed by atoms with Crippen molar-refractivity contribution < 1.29 is 24.2 Å². The molecule has 2 unspecified atom stereocenters. The number of anilines is 1. The van der Waals surface area contributed by atoms with Gasteiger partial charge in [0.1, 0.15) is 12.6 Å². The maximum atomic E-state index is 14.2. The second kappa shape index (κ2) is 13.9. The van der Waals surface area contributed by atoms with E-state index in [-0.39, 0.29) is 37.5 Å². The van der Waals surface area contributed by atoms with E-state index >= 15 is 0 Å². The van der Waals surface area contributed by atoms with E-state index in [0.717, 1.165) is 40.4 Å². The first-order chi connectivity index (χ1) is 20.8. The number of nitrogens with zero attached hydrogens (tertiary/aromatic N) is 3. The van der Waals surface area contributed by atoms with E-state index < -0.39 is 12.1 Å². The number of piperazine rings is 1.